The molecule has 0 atom stereocenters. The van der Waals surface area contributed by atoms with Crippen LogP contribution in [0.1, 0.15) is 5.01 Å². The first kappa shape index (κ1) is 12.0. The molecule has 0 saturated heterocycles. The lowest BCUT2D eigenvalue weighted by atomic mass is 10.2. The number of aromatic nitrogens is 1. The molecule has 0 aliphatic rings. The SMILES string of the molecule is COc1ccc(-c2cnc(CCN)s2)cc1F. The van der Waals surface area contributed by atoms with Crippen molar-refractivity contribution in [3.8, 4) is 16.2 Å². The van der Waals surface area contributed by atoms with Crippen molar-refractivity contribution in [3.05, 3.63) is 35.2 Å². The number of rotatable bonds is 4. The first-order valence-corrected chi connectivity index (χ1v) is 6.05. The zero-order valence-electron chi connectivity index (χ0n) is 9.44. The highest BCUT2D eigenvalue weighted by atomic mass is 32.1. The summed E-state index contributed by atoms with van der Waals surface area (Å²) in [5.74, 6) is -0.112. The molecule has 0 unspecified atom stereocenters. The Balaban J connectivity index is 2.29. The lowest BCUT2D eigenvalue weighted by Crippen LogP contribution is -2.01. The van der Waals surface area contributed by atoms with Gasteiger partial charge in [0.05, 0.1) is 17.0 Å². The molecule has 0 aliphatic heterocycles. The van der Waals surface area contributed by atoms with E-state index in [-0.39, 0.29) is 11.6 Å². The van der Waals surface area contributed by atoms with Gasteiger partial charge >= 0.3 is 0 Å². The molecule has 2 N–H and O–H groups in total. The minimum absolute atomic E-state index is 0.250. The number of methoxy groups -OCH3 is 1. The maximum absolute atomic E-state index is 13.5. The van der Waals surface area contributed by atoms with E-state index in [2.05, 4.69) is 4.98 Å². The number of nitrogens with zero attached hydrogens (tertiary/aromatic N) is 1. The minimum Gasteiger partial charge on any atom is -0.494 e. The van der Waals surface area contributed by atoms with Crippen molar-refractivity contribution in [3.63, 3.8) is 0 Å². The van der Waals surface area contributed by atoms with Crippen LogP contribution in [0, 0.1) is 5.82 Å². The van der Waals surface area contributed by atoms with E-state index in [9.17, 15) is 4.39 Å². The topological polar surface area (TPSA) is 48.1 Å². The predicted octanol–water partition coefficient (Wildman–Crippen LogP) is 2.46. The van der Waals surface area contributed by atoms with Crippen LogP contribution < -0.4 is 10.5 Å². The fourth-order valence-corrected chi connectivity index (χ4v) is 2.43. The Bertz CT molecular complexity index is 513. The van der Waals surface area contributed by atoms with Crippen LogP contribution in [-0.2, 0) is 6.42 Å². The summed E-state index contributed by atoms with van der Waals surface area (Å²) >= 11 is 1.53. The van der Waals surface area contributed by atoms with Gasteiger partial charge in [0.25, 0.3) is 0 Å². The Hall–Kier alpha value is -1.46. The van der Waals surface area contributed by atoms with Crippen LogP contribution in [0.5, 0.6) is 5.75 Å². The van der Waals surface area contributed by atoms with Gasteiger partial charge in [0.1, 0.15) is 0 Å². The maximum Gasteiger partial charge on any atom is 0.165 e. The van der Waals surface area contributed by atoms with Crippen LogP contribution in [0.15, 0.2) is 24.4 Å². The zero-order valence-corrected chi connectivity index (χ0v) is 10.3. The molecule has 3 nitrogen and oxygen atoms in total. The van der Waals surface area contributed by atoms with Crippen molar-refractivity contribution < 1.29 is 9.13 Å². The molecule has 17 heavy (non-hydrogen) atoms. The molecule has 1 aromatic heterocycles. The van der Waals surface area contributed by atoms with Gasteiger partial charge in [-0.2, -0.15) is 0 Å². The van der Waals surface area contributed by atoms with E-state index < -0.39 is 0 Å². The molecule has 1 heterocycles. The van der Waals surface area contributed by atoms with E-state index in [4.69, 9.17) is 10.5 Å². The number of benzene rings is 1. The number of ether oxygens (including phenoxy) is 1. The number of nitrogens with two attached hydrogens (primary N) is 1. The summed E-state index contributed by atoms with van der Waals surface area (Å²) < 4.78 is 18.4. The first-order chi connectivity index (χ1) is 8.24. The molecule has 90 valence electrons. The molecule has 2 rings (SSSR count). The van der Waals surface area contributed by atoms with Crippen molar-refractivity contribution in [1.82, 2.24) is 4.98 Å². The van der Waals surface area contributed by atoms with Gasteiger partial charge in [0.15, 0.2) is 11.6 Å². The zero-order chi connectivity index (χ0) is 12.3. The largest absolute Gasteiger partial charge is 0.494 e. The molecule has 0 spiro atoms. The van der Waals surface area contributed by atoms with Gasteiger partial charge in [-0.15, -0.1) is 11.3 Å². The van der Waals surface area contributed by atoms with Crippen molar-refractivity contribution in [2.45, 2.75) is 6.42 Å². The summed E-state index contributed by atoms with van der Waals surface area (Å²) in [4.78, 5) is 5.18. The summed E-state index contributed by atoms with van der Waals surface area (Å²) in [6.07, 6.45) is 2.50. The van der Waals surface area contributed by atoms with Crippen molar-refractivity contribution in [1.29, 1.82) is 0 Å². The van der Waals surface area contributed by atoms with Crippen molar-refractivity contribution in [2.75, 3.05) is 13.7 Å². The summed E-state index contributed by atoms with van der Waals surface area (Å²) in [7, 11) is 1.45. The molecule has 0 fully saturated rings. The summed E-state index contributed by atoms with van der Waals surface area (Å²) in [5.41, 5.74) is 6.27. The van der Waals surface area contributed by atoms with E-state index in [1.807, 2.05) is 6.07 Å². The standard InChI is InChI=1S/C12H13FN2OS/c1-16-10-3-2-8(6-9(10)13)11-7-15-12(17-11)4-5-14/h2-3,6-7H,4-5,14H2,1H3. The highest BCUT2D eigenvalue weighted by Crippen LogP contribution is 2.29. The first-order valence-electron chi connectivity index (χ1n) is 5.23. The van der Waals surface area contributed by atoms with Gasteiger partial charge in [-0.25, -0.2) is 9.37 Å². The van der Waals surface area contributed by atoms with Crippen LogP contribution >= 0.6 is 11.3 Å². The normalized spacial score (nSPS) is 10.5. The molecule has 0 bridgehead atoms. The number of halogens is 1. The van der Waals surface area contributed by atoms with Crippen molar-refractivity contribution >= 4 is 11.3 Å². The third kappa shape index (κ3) is 2.62. The van der Waals surface area contributed by atoms with Crippen LogP contribution in [0.3, 0.4) is 0 Å². The van der Waals surface area contributed by atoms with Gasteiger partial charge in [0.2, 0.25) is 0 Å². The predicted molar refractivity (Wildman–Crippen MR) is 66.8 cm³/mol. The minimum atomic E-state index is -0.362. The Morgan fingerprint density at radius 3 is 2.94 bits per heavy atom. The Morgan fingerprint density at radius 2 is 2.29 bits per heavy atom. The average Bonchev–Trinajstić information content (AvgIpc) is 2.78. The summed E-state index contributed by atoms with van der Waals surface area (Å²) in [6.45, 7) is 0.573. The summed E-state index contributed by atoms with van der Waals surface area (Å²) in [6, 6.07) is 4.90. The fourth-order valence-electron chi connectivity index (χ4n) is 1.50. The molecule has 5 heteroatoms. The van der Waals surface area contributed by atoms with Crippen LogP contribution in [-0.4, -0.2) is 18.6 Å². The van der Waals surface area contributed by atoms with Crippen LogP contribution in [0.2, 0.25) is 0 Å². The molecule has 0 radical (unpaired) electrons. The van der Waals surface area contributed by atoms with E-state index >= 15 is 0 Å². The van der Waals surface area contributed by atoms with Crippen molar-refractivity contribution in [2.24, 2.45) is 5.73 Å². The molecule has 0 saturated carbocycles. The Kier molecular flexibility index (Phi) is 3.71. The maximum atomic E-state index is 13.5. The fraction of sp³-hybridized carbons (Fsp3) is 0.250. The summed E-state index contributed by atoms with van der Waals surface area (Å²) in [5, 5.41) is 0.971. The van der Waals surface area contributed by atoms with E-state index in [1.165, 1.54) is 24.5 Å². The lowest BCUT2D eigenvalue weighted by molar-refractivity contribution is 0.386. The second-order valence-corrected chi connectivity index (χ2v) is 4.62. The quantitative estimate of drug-likeness (QED) is 0.909. The third-order valence-corrected chi connectivity index (χ3v) is 3.45. The average molecular weight is 252 g/mol. The molecule has 1 aromatic carbocycles. The third-order valence-electron chi connectivity index (χ3n) is 2.35. The number of hydrogen-bond donors (Lipinski definition) is 1. The van der Waals surface area contributed by atoms with Crippen LogP contribution in [0.25, 0.3) is 10.4 Å². The van der Waals surface area contributed by atoms with E-state index in [0.29, 0.717) is 6.54 Å². The highest BCUT2D eigenvalue weighted by Gasteiger charge is 2.08. The number of hydrogen-bond acceptors (Lipinski definition) is 4. The molecule has 0 aliphatic carbocycles. The lowest BCUT2D eigenvalue weighted by Gasteiger charge is -2.02. The van der Waals surface area contributed by atoms with Gasteiger partial charge in [-0.1, -0.05) is 0 Å². The Morgan fingerprint density at radius 1 is 1.47 bits per heavy atom. The smallest absolute Gasteiger partial charge is 0.165 e. The van der Waals surface area contributed by atoms with Gasteiger partial charge in [0, 0.05) is 12.6 Å². The number of thiazole rings is 1. The van der Waals surface area contributed by atoms with E-state index in [1.54, 1.807) is 12.3 Å². The Labute approximate surface area is 103 Å². The van der Waals surface area contributed by atoms with E-state index in [0.717, 1.165) is 21.9 Å². The molecular formula is C12H13FN2OS. The van der Waals surface area contributed by atoms with Gasteiger partial charge in [-0.3, -0.25) is 0 Å². The van der Waals surface area contributed by atoms with Gasteiger partial charge in [-0.05, 0) is 30.3 Å². The molecular weight excluding hydrogens is 239 g/mol. The molecule has 0 amide bonds. The monoisotopic (exact) mass is 252 g/mol. The highest BCUT2D eigenvalue weighted by molar-refractivity contribution is 7.15. The molecule has 2 aromatic rings. The van der Waals surface area contributed by atoms with Gasteiger partial charge < -0.3 is 10.5 Å². The van der Waals surface area contributed by atoms with Crippen LogP contribution in [0.4, 0.5) is 4.39 Å². The second-order valence-electron chi connectivity index (χ2n) is 3.51. The second kappa shape index (κ2) is 5.25.